The molecule has 0 spiro atoms. The molecule has 1 amide bonds. The average molecular weight is 377 g/mol. The van der Waals surface area contributed by atoms with Crippen LogP contribution in [0.5, 0.6) is 0 Å². The maximum Gasteiger partial charge on any atom is 0.283 e. The van der Waals surface area contributed by atoms with E-state index in [0.717, 1.165) is 4.90 Å². The molecule has 27 heavy (non-hydrogen) atoms. The highest BCUT2D eigenvalue weighted by molar-refractivity contribution is 7.98. The lowest BCUT2D eigenvalue weighted by Crippen LogP contribution is -2.11. The van der Waals surface area contributed by atoms with Crippen molar-refractivity contribution in [1.29, 1.82) is 0 Å². The number of carbonyl (C=O) groups is 1. The maximum absolute atomic E-state index is 12.4. The van der Waals surface area contributed by atoms with E-state index in [-0.39, 0.29) is 5.91 Å². The molecule has 0 fully saturated rings. The molecule has 134 valence electrons. The normalized spacial score (nSPS) is 10.7. The highest BCUT2D eigenvalue weighted by atomic mass is 32.2. The number of nitrogens with zero attached hydrogens (tertiary/aromatic N) is 2. The highest BCUT2D eigenvalue weighted by Crippen LogP contribution is 2.26. The summed E-state index contributed by atoms with van der Waals surface area (Å²) in [5.41, 5.74) is 1.94. The van der Waals surface area contributed by atoms with Crippen molar-refractivity contribution in [2.45, 2.75) is 4.90 Å². The first-order valence-electron chi connectivity index (χ1n) is 8.16. The second-order valence-electron chi connectivity index (χ2n) is 5.65. The quantitative estimate of drug-likeness (QED) is 0.495. The average Bonchev–Trinajstić information content (AvgIpc) is 3.40. The van der Waals surface area contributed by atoms with Crippen LogP contribution in [0.25, 0.3) is 23.1 Å². The van der Waals surface area contributed by atoms with Gasteiger partial charge in [0.15, 0.2) is 5.76 Å². The Kier molecular flexibility index (Phi) is 4.76. The first-order valence-corrected chi connectivity index (χ1v) is 9.38. The number of rotatable bonds is 5. The molecule has 0 aliphatic heterocycles. The number of amides is 1. The second kappa shape index (κ2) is 7.51. The van der Waals surface area contributed by atoms with Gasteiger partial charge in [-0.3, -0.25) is 4.79 Å². The van der Waals surface area contributed by atoms with E-state index in [0.29, 0.717) is 34.4 Å². The van der Waals surface area contributed by atoms with Crippen LogP contribution in [0.15, 0.2) is 80.7 Å². The Balaban J connectivity index is 1.53. The zero-order chi connectivity index (χ0) is 18.6. The van der Waals surface area contributed by atoms with E-state index < -0.39 is 0 Å². The molecule has 7 heteroatoms. The van der Waals surface area contributed by atoms with Gasteiger partial charge < -0.3 is 14.2 Å². The van der Waals surface area contributed by atoms with Crippen molar-refractivity contribution in [2.24, 2.45) is 0 Å². The third-order valence-corrected chi connectivity index (χ3v) is 4.62. The minimum absolute atomic E-state index is 0.179. The number of benzene rings is 2. The molecule has 0 radical (unpaired) electrons. The lowest BCUT2D eigenvalue weighted by atomic mass is 10.1. The van der Waals surface area contributed by atoms with Crippen LogP contribution in [0.4, 0.5) is 5.69 Å². The molecule has 0 bridgehead atoms. The van der Waals surface area contributed by atoms with Crippen LogP contribution in [0, 0.1) is 0 Å². The first-order chi connectivity index (χ1) is 13.2. The molecule has 2 heterocycles. The molecule has 6 nitrogen and oxygen atoms in total. The van der Waals surface area contributed by atoms with Crippen LogP contribution < -0.4 is 5.32 Å². The minimum atomic E-state index is -0.179. The van der Waals surface area contributed by atoms with E-state index >= 15 is 0 Å². The van der Waals surface area contributed by atoms with Gasteiger partial charge in [0, 0.05) is 21.7 Å². The van der Waals surface area contributed by atoms with E-state index in [1.165, 1.54) is 0 Å². The van der Waals surface area contributed by atoms with Gasteiger partial charge in [-0.05, 0) is 60.9 Å². The van der Waals surface area contributed by atoms with Crippen molar-refractivity contribution in [3.05, 3.63) is 72.5 Å². The number of furan rings is 1. The number of anilines is 1. The summed E-state index contributed by atoms with van der Waals surface area (Å²) in [5, 5.41) is 10.9. The SMILES string of the molecule is CSc1ccc(C(=O)Nc2cccc(-c3nnc(-c4ccco4)o3)c2)cc1. The molecular formula is C20H15N3O3S. The summed E-state index contributed by atoms with van der Waals surface area (Å²) in [4.78, 5) is 13.5. The van der Waals surface area contributed by atoms with E-state index in [4.69, 9.17) is 8.83 Å². The Bertz CT molecular complexity index is 1060. The van der Waals surface area contributed by atoms with Gasteiger partial charge >= 0.3 is 0 Å². The zero-order valence-corrected chi connectivity index (χ0v) is 15.2. The Morgan fingerprint density at radius 3 is 2.56 bits per heavy atom. The van der Waals surface area contributed by atoms with Crippen LogP contribution in [-0.4, -0.2) is 22.4 Å². The van der Waals surface area contributed by atoms with Gasteiger partial charge in [0.2, 0.25) is 5.89 Å². The third-order valence-electron chi connectivity index (χ3n) is 3.88. The second-order valence-corrected chi connectivity index (χ2v) is 6.53. The zero-order valence-electron chi connectivity index (χ0n) is 14.4. The Hall–Kier alpha value is -3.32. The lowest BCUT2D eigenvalue weighted by Gasteiger charge is -2.06. The van der Waals surface area contributed by atoms with Gasteiger partial charge in [0.25, 0.3) is 11.8 Å². The summed E-state index contributed by atoms with van der Waals surface area (Å²) in [6, 6.07) is 18.2. The summed E-state index contributed by atoms with van der Waals surface area (Å²) in [7, 11) is 0. The molecule has 2 aromatic carbocycles. The van der Waals surface area contributed by atoms with Crippen LogP contribution in [0.3, 0.4) is 0 Å². The van der Waals surface area contributed by atoms with Crippen molar-refractivity contribution in [3.8, 4) is 23.1 Å². The molecule has 4 aromatic rings. The fraction of sp³-hybridized carbons (Fsp3) is 0.0500. The van der Waals surface area contributed by atoms with Crippen molar-refractivity contribution >= 4 is 23.4 Å². The number of thioether (sulfide) groups is 1. The van der Waals surface area contributed by atoms with Crippen molar-refractivity contribution in [1.82, 2.24) is 10.2 Å². The predicted molar refractivity (Wildman–Crippen MR) is 104 cm³/mol. The van der Waals surface area contributed by atoms with Crippen LogP contribution >= 0.6 is 11.8 Å². The van der Waals surface area contributed by atoms with E-state index in [2.05, 4.69) is 15.5 Å². The third kappa shape index (κ3) is 3.78. The number of hydrogen-bond donors (Lipinski definition) is 1. The molecule has 2 aromatic heterocycles. The lowest BCUT2D eigenvalue weighted by molar-refractivity contribution is 0.102. The summed E-state index contributed by atoms with van der Waals surface area (Å²) >= 11 is 1.63. The Morgan fingerprint density at radius 2 is 1.81 bits per heavy atom. The molecule has 0 atom stereocenters. The van der Waals surface area contributed by atoms with Crippen LogP contribution in [-0.2, 0) is 0 Å². The molecule has 0 saturated carbocycles. The number of nitrogens with one attached hydrogen (secondary N) is 1. The van der Waals surface area contributed by atoms with Gasteiger partial charge in [-0.2, -0.15) is 0 Å². The van der Waals surface area contributed by atoms with E-state index in [9.17, 15) is 4.79 Å². The maximum atomic E-state index is 12.4. The van der Waals surface area contributed by atoms with Gasteiger partial charge in [-0.1, -0.05) is 6.07 Å². The fourth-order valence-electron chi connectivity index (χ4n) is 2.52. The smallest absolute Gasteiger partial charge is 0.283 e. The largest absolute Gasteiger partial charge is 0.459 e. The fourth-order valence-corrected chi connectivity index (χ4v) is 2.92. The molecule has 1 N–H and O–H groups in total. The van der Waals surface area contributed by atoms with Gasteiger partial charge in [-0.15, -0.1) is 22.0 Å². The van der Waals surface area contributed by atoms with Crippen LogP contribution in [0.2, 0.25) is 0 Å². The van der Waals surface area contributed by atoms with Gasteiger partial charge in [0.1, 0.15) is 0 Å². The van der Waals surface area contributed by atoms with Gasteiger partial charge in [0.05, 0.1) is 6.26 Å². The van der Waals surface area contributed by atoms with E-state index in [1.54, 1.807) is 48.4 Å². The number of hydrogen-bond acceptors (Lipinski definition) is 6. The first kappa shape index (κ1) is 17.1. The predicted octanol–water partition coefficient (Wildman–Crippen LogP) is 4.97. The Morgan fingerprint density at radius 1 is 1.00 bits per heavy atom. The molecule has 0 aliphatic rings. The minimum Gasteiger partial charge on any atom is -0.459 e. The van der Waals surface area contributed by atoms with Crippen molar-refractivity contribution in [2.75, 3.05) is 11.6 Å². The molecule has 0 saturated heterocycles. The number of aromatic nitrogens is 2. The standard InChI is InChI=1S/C20H15N3O3S/c1-27-16-9-7-13(8-10-16)18(24)21-15-5-2-4-14(12-15)19-22-23-20(26-19)17-6-3-11-25-17/h2-12H,1H3,(H,21,24). The summed E-state index contributed by atoms with van der Waals surface area (Å²) in [6.45, 7) is 0. The monoisotopic (exact) mass is 377 g/mol. The summed E-state index contributed by atoms with van der Waals surface area (Å²) in [5.74, 6) is 0.980. The summed E-state index contributed by atoms with van der Waals surface area (Å²) < 4.78 is 10.9. The molecule has 4 rings (SSSR count). The topological polar surface area (TPSA) is 81.2 Å². The van der Waals surface area contributed by atoms with Crippen molar-refractivity contribution in [3.63, 3.8) is 0 Å². The van der Waals surface area contributed by atoms with E-state index in [1.807, 2.05) is 36.6 Å². The number of carbonyl (C=O) groups excluding carboxylic acids is 1. The summed E-state index contributed by atoms with van der Waals surface area (Å²) in [6.07, 6.45) is 3.54. The highest BCUT2D eigenvalue weighted by Gasteiger charge is 2.13. The Labute approximate surface area is 159 Å². The molecule has 0 aliphatic carbocycles. The molecular weight excluding hydrogens is 362 g/mol. The van der Waals surface area contributed by atoms with Crippen molar-refractivity contribution < 1.29 is 13.6 Å². The molecule has 0 unspecified atom stereocenters. The van der Waals surface area contributed by atoms with Crippen LogP contribution in [0.1, 0.15) is 10.4 Å². The van der Waals surface area contributed by atoms with Gasteiger partial charge in [-0.25, -0.2) is 0 Å².